The number of hydrogen-bond donors (Lipinski definition) is 3. The van der Waals surface area contributed by atoms with Crippen LogP contribution >= 0.6 is 0 Å². The zero-order valence-electron chi connectivity index (χ0n) is 20.8. The minimum absolute atomic E-state index is 0.00974. The number of hydrogen-bond acceptors (Lipinski definition) is 6. The summed E-state index contributed by atoms with van der Waals surface area (Å²) in [4.78, 5) is 11.3. The summed E-state index contributed by atoms with van der Waals surface area (Å²) in [7, 11) is 0. The topological polar surface area (TPSA) is 126 Å². The van der Waals surface area contributed by atoms with Crippen LogP contribution in [0.4, 0.5) is 17.1 Å². The fourth-order valence-corrected chi connectivity index (χ4v) is 4.44. The van der Waals surface area contributed by atoms with E-state index in [4.69, 9.17) is 0 Å². The molecule has 190 valence electrons. The number of aromatic hydroxyl groups is 2. The molecule has 1 atom stereocenters. The van der Waals surface area contributed by atoms with Crippen molar-refractivity contribution in [2.24, 2.45) is 10.2 Å². The number of phenols is 2. The molecule has 5 rings (SSSR count). The Morgan fingerprint density at radius 3 is 2.34 bits per heavy atom. The molecule has 0 aromatic heterocycles. The van der Waals surface area contributed by atoms with Crippen molar-refractivity contribution in [2.45, 2.75) is 20.4 Å². The zero-order valence-corrected chi connectivity index (χ0v) is 20.8. The number of rotatable bonds is 5. The normalized spacial score (nSPS) is 16.5. The van der Waals surface area contributed by atoms with Gasteiger partial charge in [0.25, 0.3) is 0 Å². The van der Waals surface area contributed by atoms with Crippen LogP contribution in [0, 0.1) is 19.1 Å². The standard InChI is InChI=1S/C30H25N3O5/c1-18-9-11-23(15-19(18)2)33(38)14-13-20-10-12-27(29(35)25(20)17-33)32-31-26-8-4-7-24(28(26)34)21-5-3-6-22(16-21)30(36)37/h3-16,34-35H,17H2,1-2H3,(H,36,37). The van der Waals surface area contributed by atoms with Gasteiger partial charge >= 0.3 is 5.97 Å². The Bertz CT molecular complexity index is 1640. The third-order valence-corrected chi connectivity index (χ3v) is 6.81. The van der Waals surface area contributed by atoms with Crippen LogP contribution in [0.25, 0.3) is 17.2 Å². The molecule has 1 aliphatic heterocycles. The molecule has 0 radical (unpaired) electrons. The Morgan fingerprint density at radius 1 is 0.868 bits per heavy atom. The summed E-state index contributed by atoms with van der Waals surface area (Å²) in [5.74, 6) is -1.40. The molecule has 1 heterocycles. The molecule has 8 nitrogen and oxygen atoms in total. The van der Waals surface area contributed by atoms with Gasteiger partial charge in [0.15, 0.2) is 11.5 Å². The summed E-state index contributed by atoms with van der Waals surface area (Å²) in [5, 5.41) is 53.1. The van der Waals surface area contributed by atoms with E-state index in [1.165, 1.54) is 12.1 Å². The fraction of sp³-hybridized carbons (Fsp3) is 0.100. The number of benzene rings is 4. The first-order chi connectivity index (χ1) is 18.2. The largest absolute Gasteiger partial charge is 0.622 e. The molecule has 8 heteroatoms. The van der Waals surface area contributed by atoms with E-state index < -0.39 is 10.6 Å². The summed E-state index contributed by atoms with van der Waals surface area (Å²) in [6, 6.07) is 20.0. The number of aromatic carboxylic acids is 1. The highest BCUT2D eigenvalue weighted by molar-refractivity contribution is 5.90. The minimum Gasteiger partial charge on any atom is -0.622 e. The molecule has 1 unspecified atom stereocenters. The maximum absolute atomic E-state index is 13.7. The SMILES string of the molecule is Cc1ccc([N+]2([O-])C=Cc3ccc(N=Nc4cccc(-c5cccc(C(=O)O)c5)c4O)c(O)c3C2)cc1C. The molecule has 0 amide bonds. The van der Waals surface area contributed by atoms with Crippen molar-refractivity contribution in [1.82, 2.24) is 4.65 Å². The number of quaternary nitrogens is 1. The summed E-state index contributed by atoms with van der Waals surface area (Å²) in [6.07, 6.45) is 3.26. The molecule has 0 bridgehead atoms. The van der Waals surface area contributed by atoms with Crippen molar-refractivity contribution < 1.29 is 20.1 Å². The molecule has 0 fully saturated rings. The zero-order chi connectivity index (χ0) is 27.0. The molecule has 0 saturated carbocycles. The number of carboxylic acids is 1. The Balaban J connectivity index is 1.47. The second kappa shape index (κ2) is 9.59. The molecular weight excluding hydrogens is 482 g/mol. The molecule has 0 spiro atoms. The van der Waals surface area contributed by atoms with Crippen LogP contribution in [0.3, 0.4) is 0 Å². The molecular formula is C30H25N3O5. The van der Waals surface area contributed by atoms with Crippen LogP contribution in [0.2, 0.25) is 0 Å². The Kier molecular flexibility index (Phi) is 6.28. The van der Waals surface area contributed by atoms with Gasteiger partial charge in [0.2, 0.25) is 0 Å². The fourth-order valence-electron chi connectivity index (χ4n) is 4.44. The van der Waals surface area contributed by atoms with E-state index in [-0.39, 0.29) is 35.0 Å². The highest BCUT2D eigenvalue weighted by atomic mass is 16.5. The van der Waals surface area contributed by atoms with E-state index in [1.807, 2.05) is 26.0 Å². The van der Waals surface area contributed by atoms with Gasteiger partial charge in [-0.1, -0.05) is 36.4 Å². The number of fused-ring (bicyclic) bond motifs is 1. The second-order valence-electron chi connectivity index (χ2n) is 9.30. The predicted molar refractivity (Wildman–Crippen MR) is 147 cm³/mol. The maximum atomic E-state index is 13.7. The number of phenolic OH excluding ortho intramolecular Hbond substituents is 2. The van der Waals surface area contributed by atoms with Gasteiger partial charge in [-0.15, -0.1) is 10.2 Å². The van der Waals surface area contributed by atoms with Crippen molar-refractivity contribution >= 4 is 29.1 Å². The lowest BCUT2D eigenvalue weighted by molar-refractivity contribution is 0.0697. The van der Waals surface area contributed by atoms with Crippen LogP contribution in [0.1, 0.15) is 32.6 Å². The second-order valence-corrected chi connectivity index (χ2v) is 9.30. The van der Waals surface area contributed by atoms with E-state index >= 15 is 0 Å². The smallest absolute Gasteiger partial charge is 0.335 e. The molecule has 4 aromatic carbocycles. The minimum atomic E-state index is -1.07. The van der Waals surface area contributed by atoms with Gasteiger partial charge in [-0.2, -0.15) is 0 Å². The van der Waals surface area contributed by atoms with Crippen molar-refractivity contribution in [3.8, 4) is 22.6 Å². The van der Waals surface area contributed by atoms with E-state index in [1.54, 1.807) is 60.8 Å². The van der Waals surface area contributed by atoms with Crippen LogP contribution < -0.4 is 4.65 Å². The number of carbonyl (C=O) groups is 1. The molecule has 1 aliphatic rings. The lowest BCUT2D eigenvalue weighted by Crippen LogP contribution is -2.38. The lowest BCUT2D eigenvalue weighted by Gasteiger charge is -2.41. The van der Waals surface area contributed by atoms with Crippen molar-refractivity contribution in [3.05, 3.63) is 112 Å². The van der Waals surface area contributed by atoms with Gasteiger partial charge in [-0.05, 0) is 66.4 Å². The summed E-state index contributed by atoms with van der Waals surface area (Å²) in [5.41, 5.74) is 5.15. The average Bonchev–Trinajstić information content (AvgIpc) is 2.91. The van der Waals surface area contributed by atoms with E-state index in [9.17, 15) is 25.3 Å². The summed E-state index contributed by atoms with van der Waals surface area (Å²) < 4.78 is -0.749. The van der Waals surface area contributed by atoms with E-state index in [2.05, 4.69) is 10.2 Å². The van der Waals surface area contributed by atoms with Crippen LogP contribution in [0.5, 0.6) is 11.5 Å². The molecule has 0 saturated heterocycles. The van der Waals surface area contributed by atoms with Crippen LogP contribution in [-0.2, 0) is 6.54 Å². The Morgan fingerprint density at radius 2 is 1.61 bits per heavy atom. The first-order valence-electron chi connectivity index (χ1n) is 11.9. The maximum Gasteiger partial charge on any atom is 0.335 e. The predicted octanol–water partition coefficient (Wildman–Crippen LogP) is 7.48. The van der Waals surface area contributed by atoms with E-state index in [0.717, 1.165) is 16.7 Å². The first-order valence-corrected chi connectivity index (χ1v) is 11.9. The van der Waals surface area contributed by atoms with Gasteiger partial charge in [0, 0.05) is 17.7 Å². The van der Waals surface area contributed by atoms with Crippen molar-refractivity contribution in [2.75, 3.05) is 0 Å². The first kappa shape index (κ1) is 24.9. The van der Waals surface area contributed by atoms with Crippen LogP contribution in [0.15, 0.2) is 89.2 Å². The summed E-state index contributed by atoms with van der Waals surface area (Å²) in [6.45, 7) is 3.93. The highest BCUT2D eigenvalue weighted by Gasteiger charge is 2.27. The number of nitrogens with zero attached hydrogens (tertiary/aromatic N) is 3. The van der Waals surface area contributed by atoms with Crippen molar-refractivity contribution in [3.63, 3.8) is 0 Å². The molecule has 38 heavy (non-hydrogen) atoms. The van der Waals surface area contributed by atoms with Gasteiger partial charge in [0.05, 0.1) is 11.1 Å². The number of azo groups is 1. The van der Waals surface area contributed by atoms with Gasteiger partial charge in [-0.3, -0.25) is 4.65 Å². The third kappa shape index (κ3) is 4.54. The summed E-state index contributed by atoms with van der Waals surface area (Å²) >= 11 is 0. The quantitative estimate of drug-likeness (QED) is 0.147. The van der Waals surface area contributed by atoms with Gasteiger partial charge in [-0.25, -0.2) is 4.79 Å². The Hall–Kier alpha value is -4.79. The van der Waals surface area contributed by atoms with Crippen LogP contribution in [-0.4, -0.2) is 21.3 Å². The number of hydroxylamine groups is 2. The lowest BCUT2D eigenvalue weighted by atomic mass is 10.0. The van der Waals surface area contributed by atoms with Gasteiger partial charge in [0.1, 0.15) is 29.8 Å². The number of para-hydroxylation sites is 1. The Labute approximate surface area is 219 Å². The molecule has 0 aliphatic carbocycles. The highest BCUT2D eigenvalue weighted by Crippen LogP contribution is 2.42. The van der Waals surface area contributed by atoms with Crippen molar-refractivity contribution in [1.29, 1.82) is 0 Å². The number of aryl methyl sites for hydroxylation is 2. The monoisotopic (exact) mass is 507 g/mol. The number of carboxylic acid groups (broad SMARTS) is 1. The van der Waals surface area contributed by atoms with E-state index in [0.29, 0.717) is 22.4 Å². The van der Waals surface area contributed by atoms with Gasteiger partial charge < -0.3 is 20.5 Å². The molecule has 4 aromatic rings. The average molecular weight is 508 g/mol. The molecule has 3 N–H and O–H groups in total. The third-order valence-electron chi connectivity index (χ3n) is 6.81.